The standard InChI is InChI=1S/C22H27N5/c1-5-16(4)24-22-25-19(18-11-8-12-23-14-18)13-20(27-22)26-21-15(3)9-7-10-17(21)6-2/h7-14,16H,5-6H2,1-4H3,(H2,24,25,26,27)/t16-/m1/s1. The summed E-state index contributed by atoms with van der Waals surface area (Å²) < 4.78 is 0. The molecule has 1 aromatic carbocycles. The van der Waals surface area contributed by atoms with Crippen LogP contribution in [0.3, 0.4) is 0 Å². The third-order valence-corrected chi connectivity index (χ3v) is 4.66. The Morgan fingerprint density at radius 3 is 2.63 bits per heavy atom. The zero-order valence-electron chi connectivity index (χ0n) is 16.5. The Bertz CT molecular complexity index is 892. The largest absolute Gasteiger partial charge is 0.352 e. The third-order valence-electron chi connectivity index (χ3n) is 4.66. The molecule has 3 aromatic rings. The highest BCUT2D eigenvalue weighted by Gasteiger charge is 2.11. The van der Waals surface area contributed by atoms with Gasteiger partial charge >= 0.3 is 0 Å². The number of anilines is 3. The van der Waals surface area contributed by atoms with Gasteiger partial charge in [-0.2, -0.15) is 4.98 Å². The number of benzene rings is 1. The molecule has 0 bridgehead atoms. The van der Waals surface area contributed by atoms with E-state index in [4.69, 9.17) is 9.97 Å². The number of nitrogens with zero attached hydrogens (tertiary/aromatic N) is 3. The minimum atomic E-state index is 0.298. The molecular formula is C22H27N5. The summed E-state index contributed by atoms with van der Waals surface area (Å²) in [7, 11) is 0. The smallest absolute Gasteiger partial charge is 0.225 e. The van der Waals surface area contributed by atoms with Gasteiger partial charge in [0, 0.05) is 35.8 Å². The maximum absolute atomic E-state index is 4.70. The summed E-state index contributed by atoms with van der Waals surface area (Å²) in [5.41, 5.74) is 5.40. The van der Waals surface area contributed by atoms with Gasteiger partial charge in [-0.1, -0.05) is 32.0 Å². The molecule has 0 spiro atoms. The average molecular weight is 361 g/mol. The Hall–Kier alpha value is -2.95. The number of nitrogens with one attached hydrogen (secondary N) is 2. The Morgan fingerprint density at radius 2 is 1.93 bits per heavy atom. The first-order valence-electron chi connectivity index (χ1n) is 9.52. The van der Waals surface area contributed by atoms with Crippen LogP contribution in [0.1, 0.15) is 38.3 Å². The van der Waals surface area contributed by atoms with Crippen LogP contribution < -0.4 is 10.6 Å². The molecule has 0 unspecified atom stereocenters. The fraction of sp³-hybridized carbons (Fsp3) is 0.318. The van der Waals surface area contributed by atoms with Crippen LogP contribution >= 0.6 is 0 Å². The summed E-state index contributed by atoms with van der Waals surface area (Å²) in [5.74, 6) is 1.40. The second kappa shape index (κ2) is 8.62. The zero-order chi connectivity index (χ0) is 19.2. The summed E-state index contributed by atoms with van der Waals surface area (Å²) >= 11 is 0. The van der Waals surface area contributed by atoms with Gasteiger partial charge in [-0.3, -0.25) is 4.98 Å². The predicted molar refractivity (Wildman–Crippen MR) is 112 cm³/mol. The van der Waals surface area contributed by atoms with Crippen molar-refractivity contribution in [3.05, 3.63) is 59.9 Å². The lowest BCUT2D eigenvalue weighted by Crippen LogP contribution is -2.16. The second-order valence-corrected chi connectivity index (χ2v) is 6.74. The van der Waals surface area contributed by atoms with Crippen molar-refractivity contribution < 1.29 is 0 Å². The number of para-hydroxylation sites is 1. The van der Waals surface area contributed by atoms with Crippen molar-refractivity contribution in [2.75, 3.05) is 10.6 Å². The van der Waals surface area contributed by atoms with E-state index in [1.165, 1.54) is 11.1 Å². The Labute approximate surface area is 161 Å². The first-order chi connectivity index (χ1) is 13.1. The van der Waals surface area contributed by atoms with Crippen LogP contribution in [-0.4, -0.2) is 21.0 Å². The zero-order valence-corrected chi connectivity index (χ0v) is 16.5. The van der Waals surface area contributed by atoms with E-state index in [0.29, 0.717) is 12.0 Å². The minimum Gasteiger partial charge on any atom is -0.352 e. The van der Waals surface area contributed by atoms with E-state index in [2.05, 4.69) is 61.5 Å². The van der Waals surface area contributed by atoms with Crippen LogP contribution in [0.5, 0.6) is 0 Å². The molecule has 2 N–H and O–H groups in total. The van der Waals surface area contributed by atoms with Gasteiger partial charge in [-0.05, 0) is 49.9 Å². The van der Waals surface area contributed by atoms with Crippen molar-refractivity contribution in [1.82, 2.24) is 15.0 Å². The van der Waals surface area contributed by atoms with Gasteiger partial charge in [0.15, 0.2) is 0 Å². The molecule has 0 aliphatic rings. The van der Waals surface area contributed by atoms with Gasteiger partial charge in [0.05, 0.1) is 5.69 Å². The second-order valence-electron chi connectivity index (χ2n) is 6.74. The summed E-state index contributed by atoms with van der Waals surface area (Å²) in [6.45, 7) is 8.55. The molecular weight excluding hydrogens is 334 g/mol. The number of hydrogen-bond acceptors (Lipinski definition) is 5. The fourth-order valence-electron chi connectivity index (χ4n) is 2.89. The molecule has 1 atom stereocenters. The highest BCUT2D eigenvalue weighted by Crippen LogP contribution is 2.27. The molecule has 0 saturated heterocycles. The molecule has 0 radical (unpaired) electrons. The van der Waals surface area contributed by atoms with Crippen molar-refractivity contribution in [3.63, 3.8) is 0 Å². The van der Waals surface area contributed by atoms with Crippen molar-refractivity contribution in [3.8, 4) is 11.3 Å². The fourth-order valence-corrected chi connectivity index (χ4v) is 2.89. The minimum absolute atomic E-state index is 0.298. The van der Waals surface area contributed by atoms with E-state index >= 15 is 0 Å². The molecule has 0 aliphatic heterocycles. The Morgan fingerprint density at radius 1 is 1.07 bits per heavy atom. The molecule has 140 valence electrons. The average Bonchev–Trinajstić information content (AvgIpc) is 2.70. The number of rotatable bonds is 7. The van der Waals surface area contributed by atoms with Gasteiger partial charge in [-0.25, -0.2) is 4.98 Å². The van der Waals surface area contributed by atoms with Crippen molar-refractivity contribution >= 4 is 17.5 Å². The van der Waals surface area contributed by atoms with Crippen molar-refractivity contribution in [2.45, 2.75) is 46.6 Å². The van der Waals surface area contributed by atoms with E-state index in [9.17, 15) is 0 Å². The highest BCUT2D eigenvalue weighted by atomic mass is 15.2. The first kappa shape index (κ1) is 18.8. The Balaban J connectivity index is 2.03. The number of pyridine rings is 1. The number of aryl methyl sites for hydroxylation is 2. The van der Waals surface area contributed by atoms with Gasteiger partial charge < -0.3 is 10.6 Å². The van der Waals surface area contributed by atoms with Crippen LogP contribution in [0.4, 0.5) is 17.5 Å². The van der Waals surface area contributed by atoms with Gasteiger partial charge in [0.25, 0.3) is 0 Å². The third kappa shape index (κ3) is 4.61. The van der Waals surface area contributed by atoms with E-state index < -0.39 is 0 Å². The lowest BCUT2D eigenvalue weighted by atomic mass is 10.1. The van der Waals surface area contributed by atoms with Crippen LogP contribution in [0, 0.1) is 6.92 Å². The molecule has 0 saturated carbocycles. The highest BCUT2D eigenvalue weighted by molar-refractivity contribution is 5.70. The normalized spacial score (nSPS) is 11.9. The molecule has 2 heterocycles. The van der Waals surface area contributed by atoms with E-state index in [1.807, 2.05) is 24.4 Å². The number of aromatic nitrogens is 3. The van der Waals surface area contributed by atoms with Gasteiger partial charge in [0.1, 0.15) is 5.82 Å². The molecule has 5 heteroatoms. The lowest BCUT2D eigenvalue weighted by Gasteiger charge is -2.17. The summed E-state index contributed by atoms with van der Waals surface area (Å²) in [5, 5.41) is 6.91. The van der Waals surface area contributed by atoms with Gasteiger partial charge in [-0.15, -0.1) is 0 Å². The SMILES string of the molecule is CCc1cccc(C)c1Nc1cc(-c2cccnc2)nc(N[C@H](C)CC)n1. The van der Waals surface area contributed by atoms with E-state index in [0.717, 1.165) is 35.6 Å². The van der Waals surface area contributed by atoms with Crippen molar-refractivity contribution in [2.24, 2.45) is 0 Å². The van der Waals surface area contributed by atoms with Crippen molar-refractivity contribution in [1.29, 1.82) is 0 Å². The summed E-state index contributed by atoms with van der Waals surface area (Å²) in [6, 6.07) is 12.6. The molecule has 0 amide bonds. The molecule has 0 aliphatic carbocycles. The summed E-state index contributed by atoms with van der Waals surface area (Å²) in [6.07, 6.45) is 5.55. The molecule has 0 fully saturated rings. The van der Waals surface area contributed by atoms with E-state index in [-0.39, 0.29) is 0 Å². The van der Waals surface area contributed by atoms with Crippen LogP contribution in [0.25, 0.3) is 11.3 Å². The molecule has 3 rings (SSSR count). The maximum Gasteiger partial charge on any atom is 0.225 e. The molecule has 2 aromatic heterocycles. The summed E-state index contributed by atoms with van der Waals surface area (Å²) in [4.78, 5) is 13.6. The quantitative estimate of drug-likeness (QED) is 0.593. The molecule has 27 heavy (non-hydrogen) atoms. The van der Waals surface area contributed by atoms with Crippen LogP contribution in [0.2, 0.25) is 0 Å². The lowest BCUT2D eigenvalue weighted by molar-refractivity contribution is 0.753. The molecule has 5 nitrogen and oxygen atoms in total. The predicted octanol–water partition coefficient (Wildman–Crippen LogP) is 5.36. The van der Waals surface area contributed by atoms with Gasteiger partial charge in [0.2, 0.25) is 5.95 Å². The monoisotopic (exact) mass is 361 g/mol. The number of hydrogen-bond donors (Lipinski definition) is 2. The first-order valence-corrected chi connectivity index (χ1v) is 9.52. The van der Waals surface area contributed by atoms with Crippen LogP contribution in [0.15, 0.2) is 48.8 Å². The maximum atomic E-state index is 4.70. The van der Waals surface area contributed by atoms with E-state index in [1.54, 1.807) is 6.20 Å². The topological polar surface area (TPSA) is 62.7 Å². The Kier molecular flexibility index (Phi) is 6.01. The van der Waals surface area contributed by atoms with Crippen LogP contribution in [-0.2, 0) is 6.42 Å².